The highest BCUT2D eigenvalue weighted by Gasteiger charge is 2.26. The number of nitrogens with one attached hydrogen (secondary N) is 1. The van der Waals surface area contributed by atoms with Gasteiger partial charge >= 0.3 is 6.09 Å². The van der Waals surface area contributed by atoms with E-state index in [2.05, 4.69) is 20.3 Å². The SMILES string of the molecule is CCOc1cnc2c(-c3nc4ccc5c(c4s3)OC[C@H](COC(=O)Nc3cnc(C)nc3)O5)cc(Cl)cc2c1. The molecule has 1 N–H and O–H groups in total. The second-order valence-corrected chi connectivity index (χ2v) is 10.1. The van der Waals surface area contributed by atoms with Gasteiger partial charge in [-0.05, 0) is 44.2 Å². The number of hydrogen-bond acceptors (Lipinski definition) is 10. The fourth-order valence-corrected chi connectivity index (χ4v) is 5.45. The Hall–Kier alpha value is -4.22. The van der Waals surface area contributed by atoms with E-state index in [0.29, 0.717) is 40.4 Å². The zero-order valence-electron chi connectivity index (χ0n) is 20.9. The largest absolute Gasteiger partial charge is 0.492 e. The number of anilines is 1. The maximum atomic E-state index is 12.2. The van der Waals surface area contributed by atoms with Crippen LogP contribution < -0.4 is 19.5 Å². The first-order valence-corrected chi connectivity index (χ1v) is 13.3. The van der Waals surface area contributed by atoms with Crippen molar-refractivity contribution in [2.24, 2.45) is 0 Å². The second kappa shape index (κ2) is 10.5. The monoisotopic (exact) mass is 563 g/mol. The van der Waals surface area contributed by atoms with Crippen molar-refractivity contribution in [2.45, 2.75) is 20.0 Å². The second-order valence-electron chi connectivity index (χ2n) is 8.68. The van der Waals surface area contributed by atoms with Crippen molar-refractivity contribution in [1.82, 2.24) is 19.9 Å². The molecule has 0 bridgehead atoms. The fraction of sp³-hybridized carbons (Fsp3) is 0.222. The molecule has 3 aromatic heterocycles. The van der Waals surface area contributed by atoms with Crippen molar-refractivity contribution in [3.05, 3.63) is 59.8 Å². The van der Waals surface area contributed by atoms with Gasteiger partial charge in [-0.2, -0.15) is 0 Å². The molecule has 6 rings (SSSR count). The van der Waals surface area contributed by atoms with Gasteiger partial charge in [0.2, 0.25) is 0 Å². The van der Waals surface area contributed by atoms with Gasteiger partial charge in [0.25, 0.3) is 0 Å². The predicted molar refractivity (Wildman–Crippen MR) is 148 cm³/mol. The first-order chi connectivity index (χ1) is 19.0. The van der Waals surface area contributed by atoms with Crippen molar-refractivity contribution in [1.29, 1.82) is 0 Å². The van der Waals surface area contributed by atoms with Crippen LogP contribution in [-0.2, 0) is 4.74 Å². The van der Waals surface area contributed by atoms with E-state index >= 15 is 0 Å². The molecule has 39 heavy (non-hydrogen) atoms. The Labute approximate surface area is 231 Å². The highest BCUT2D eigenvalue weighted by molar-refractivity contribution is 7.22. The summed E-state index contributed by atoms with van der Waals surface area (Å²) < 4.78 is 23.9. The molecular weight excluding hydrogens is 542 g/mol. The molecule has 1 amide bonds. The number of pyridine rings is 1. The molecule has 1 aliphatic rings. The van der Waals surface area contributed by atoms with Crippen LogP contribution in [0.1, 0.15) is 12.7 Å². The van der Waals surface area contributed by atoms with Gasteiger partial charge in [-0.3, -0.25) is 10.3 Å². The molecule has 0 radical (unpaired) electrons. The minimum atomic E-state index is -0.630. The molecule has 2 aromatic carbocycles. The van der Waals surface area contributed by atoms with Crippen molar-refractivity contribution >= 4 is 55.8 Å². The summed E-state index contributed by atoms with van der Waals surface area (Å²) in [6.07, 6.45) is 3.62. The van der Waals surface area contributed by atoms with Crippen molar-refractivity contribution in [2.75, 3.05) is 25.1 Å². The van der Waals surface area contributed by atoms with Crippen LogP contribution in [0, 0.1) is 6.92 Å². The first kappa shape index (κ1) is 25.1. The smallest absolute Gasteiger partial charge is 0.411 e. The Bertz CT molecular complexity index is 1690. The summed E-state index contributed by atoms with van der Waals surface area (Å²) in [6, 6.07) is 9.32. The minimum Gasteiger partial charge on any atom is -0.492 e. The summed E-state index contributed by atoms with van der Waals surface area (Å²) >= 11 is 7.93. The quantitative estimate of drug-likeness (QED) is 0.263. The molecular formula is C27H22ClN5O5S. The molecule has 0 fully saturated rings. The molecule has 0 saturated heterocycles. The van der Waals surface area contributed by atoms with E-state index < -0.39 is 12.2 Å². The Morgan fingerprint density at radius 3 is 2.85 bits per heavy atom. The third-order valence-electron chi connectivity index (χ3n) is 5.88. The third-order valence-corrected chi connectivity index (χ3v) is 7.20. The number of hydrogen-bond donors (Lipinski definition) is 1. The lowest BCUT2D eigenvalue weighted by Crippen LogP contribution is -2.35. The molecule has 10 nitrogen and oxygen atoms in total. The van der Waals surface area contributed by atoms with Gasteiger partial charge in [0.15, 0.2) is 17.6 Å². The molecule has 5 aromatic rings. The molecule has 0 aliphatic carbocycles. The Balaban J connectivity index is 1.20. The average Bonchev–Trinajstić information content (AvgIpc) is 3.37. The van der Waals surface area contributed by atoms with Crippen LogP contribution >= 0.6 is 22.9 Å². The summed E-state index contributed by atoms with van der Waals surface area (Å²) in [4.78, 5) is 29.7. The zero-order valence-corrected chi connectivity index (χ0v) is 22.5. The number of benzene rings is 2. The summed E-state index contributed by atoms with van der Waals surface area (Å²) in [5.41, 5.74) is 2.81. The van der Waals surface area contributed by atoms with Crippen LogP contribution in [-0.4, -0.2) is 52.0 Å². The van der Waals surface area contributed by atoms with Crippen LogP contribution in [0.2, 0.25) is 5.02 Å². The van der Waals surface area contributed by atoms with Gasteiger partial charge in [-0.25, -0.2) is 19.7 Å². The first-order valence-electron chi connectivity index (χ1n) is 12.1. The van der Waals surface area contributed by atoms with Gasteiger partial charge in [0, 0.05) is 16.0 Å². The zero-order chi connectivity index (χ0) is 26.9. The summed E-state index contributed by atoms with van der Waals surface area (Å²) in [5, 5.41) is 4.79. The number of ether oxygens (including phenoxy) is 4. The van der Waals surface area contributed by atoms with Gasteiger partial charge in [0.1, 0.15) is 34.5 Å². The number of aryl methyl sites for hydroxylation is 1. The summed E-state index contributed by atoms with van der Waals surface area (Å²) in [7, 11) is 0. The number of amides is 1. The fourth-order valence-electron chi connectivity index (χ4n) is 4.15. The van der Waals surface area contributed by atoms with E-state index in [1.54, 1.807) is 19.2 Å². The van der Waals surface area contributed by atoms with Gasteiger partial charge < -0.3 is 18.9 Å². The topological polar surface area (TPSA) is 118 Å². The van der Waals surface area contributed by atoms with E-state index in [-0.39, 0.29) is 13.2 Å². The third kappa shape index (κ3) is 5.23. The van der Waals surface area contributed by atoms with Gasteiger partial charge in [0.05, 0.1) is 41.9 Å². The maximum Gasteiger partial charge on any atom is 0.411 e. The van der Waals surface area contributed by atoms with Crippen LogP contribution in [0.3, 0.4) is 0 Å². The maximum absolute atomic E-state index is 12.2. The Kier molecular flexibility index (Phi) is 6.76. The number of carbonyl (C=O) groups excluding carboxylic acids is 1. The molecule has 0 saturated carbocycles. The van der Waals surface area contributed by atoms with E-state index in [1.165, 1.54) is 23.7 Å². The number of aromatic nitrogens is 4. The normalized spacial score (nSPS) is 14.4. The predicted octanol–water partition coefficient (Wildman–Crippen LogP) is 6.05. The van der Waals surface area contributed by atoms with Crippen molar-refractivity contribution < 1.29 is 23.7 Å². The molecule has 4 heterocycles. The molecule has 1 atom stereocenters. The lowest BCUT2D eigenvalue weighted by molar-refractivity contribution is 0.0383. The van der Waals surface area contributed by atoms with Gasteiger partial charge in [-0.1, -0.05) is 11.6 Å². The number of rotatable bonds is 6. The van der Waals surface area contributed by atoms with E-state index in [9.17, 15) is 4.79 Å². The van der Waals surface area contributed by atoms with E-state index in [4.69, 9.17) is 35.5 Å². The van der Waals surface area contributed by atoms with Gasteiger partial charge in [-0.15, -0.1) is 11.3 Å². The molecule has 198 valence electrons. The Morgan fingerprint density at radius 1 is 1.18 bits per heavy atom. The highest BCUT2D eigenvalue weighted by Crippen LogP contribution is 2.45. The van der Waals surface area contributed by atoms with Crippen LogP contribution in [0.4, 0.5) is 10.5 Å². The average molecular weight is 564 g/mol. The highest BCUT2D eigenvalue weighted by atomic mass is 35.5. The number of nitrogens with zero attached hydrogens (tertiary/aromatic N) is 4. The van der Waals surface area contributed by atoms with Crippen LogP contribution in [0.25, 0.3) is 31.7 Å². The van der Waals surface area contributed by atoms with Crippen LogP contribution in [0.15, 0.2) is 48.9 Å². The standard InChI is InChI=1S/C27H22ClN5O5S/c1-3-35-18-7-15-6-16(28)8-20(23(15)31-11-18)26-33-21-4-5-22-24(25(21)39-26)36-12-19(38-22)13-37-27(34)32-17-9-29-14(2)30-10-17/h4-11,19H,3,12-13H2,1-2H3,(H,32,34)/t19-/m1/s1. The van der Waals surface area contributed by atoms with Crippen molar-refractivity contribution in [3.63, 3.8) is 0 Å². The Morgan fingerprint density at radius 2 is 2.03 bits per heavy atom. The lowest BCUT2D eigenvalue weighted by atomic mass is 10.1. The number of halogens is 1. The van der Waals surface area contributed by atoms with E-state index in [0.717, 1.165) is 31.7 Å². The number of thiazole rings is 1. The lowest BCUT2D eigenvalue weighted by Gasteiger charge is -2.26. The molecule has 0 unspecified atom stereocenters. The summed E-state index contributed by atoms with van der Waals surface area (Å²) in [6.45, 7) is 4.45. The molecule has 12 heteroatoms. The molecule has 1 aliphatic heterocycles. The number of fused-ring (bicyclic) bond motifs is 4. The van der Waals surface area contributed by atoms with Crippen molar-refractivity contribution in [3.8, 4) is 27.8 Å². The minimum absolute atomic E-state index is 0.00781. The number of carbonyl (C=O) groups is 1. The van der Waals surface area contributed by atoms with Crippen LogP contribution in [0.5, 0.6) is 17.2 Å². The van der Waals surface area contributed by atoms with E-state index in [1.807, 2.05) is 31.2 Å². The molecule has 0 spiro atoms. The summed E-state index contributed by atoms with van der Waals surface area (Å²) in [5.74, 6) is 2.45.